The number of pyridine rings is 1. The SMILES string of the molecule is CCC(=O)N[C@@H](c1ccccc1)c1ccncc1. The molecule has 1 heterocycles. The molecule has 3 heteroatoms. The van der Waals surface area contributed by atoms with Crippen molar-refractivity contribution in [3.63, 3.8) is 0 Å². The fourth-order valence-electron chi connectivity index (χ4n) is 1.82. The van der Waals surface area contributed by atoms with Crippen LogP contribution < -0.4 is 5.32 Å². The van der Waals surface area contributed by atoms with Crippen LogP contribution in [0.1, 0.15) is 30.5 Å². The predicted octanol–water partition coefficient (Wildman–Crippen LogP) is 2.70. The average Bonchev–Trinajstić information content (AvgIpc) is 2.46. The first-order valence-corrected chi connectivity index (χ1v) is 6.05. The van der Waals surface area contributed by atoms with Crippen molar-refractivity contribution in [3.05, 3.63) is 66.0 Å². The molecule has 0 aliphatic carbocycles. The second-order valence-electron chi connectivity index (χ2n) is 4.05. The number of benzene rings is 1. The molecule has 0 spiro atoms. The molecule has 18 heavy (non-hydrogen) atoms. The van der Waals surface area contributed by atoms with E-state index in [1.165, 1.54) is 0 Å². The number of amides is 1. The molecule has 1 atom stereocenters. The Bertz CT molecular complexity index is 457. The second kappa shape index (κ2) is 5.96. The molecule has 92 valence electrons. The summed E-state index contributed by atoms with van der Waals surface area (Å²) in [6.07, 6.45) is 3.96. The Balaban J connectivity index is 2.32. The lowest BCUT2D eigenvalue weighted by Crippen LogP contribution is -2.28. The Kier molecular flexibility index (Phi) is 4.07. The summed E-state index contributed by atoms with van der Waals surface area (Å²) in [6, 6.07) is 13.7. The summed E-state index contributed by atoms with van der Waals surface area (Å²) in [5.74, 6) is 0.0423. The summed E-state index contributed by atoms with van der Waals surface area (Å²) in [7, 11) is 0. The highest BCUT2D eigenvalue weighted by Gasteiger charge is 2.15. The maximum atomic E-state index is 11.6. The Morgan fingerprint density at radius 1 is 1.11 bits per heavy atom. The summed E-state index contributed by atoms with van der Waals surface area (Å²) in [4.78, 5) is 15.7. The maximum absolute atomic E-state index is 11.6. The molecular weight excluding hydrogens is 224 g/mol. The van der Waals surface area contributed by atoms with Gasteiger partial charge in [0.05, 0.1) is 6.04 Å². The van der Waals surface area contributed by atoms with Gasteiger partial charge < -0.3 is 5.32 Å². The van der Waals surface area contributed by atoms with Crippen LogP contribution in [-0.2, 0) is 4.79 Å². The number of nitrogens with zero attached hydrogens (tertiary/aromatic N) is 1. The lowest BCUT2D eigenvalue weighted by Gasteiger charge is -2.19. The van der Waals surface area contributed by atoms with Gasteiger partial charge in [-0.05, 0) is 23.3 Å². The standard InChI is InChI=1S/C15H16N2O/c1-2-14(18)17-15(12-6-4-3-5-7-12)13-8-10-16-11-9-13/h3-11,15H,2H2,1H3,(H,17,18)/t15-/m0/s1. The summed E-state index contributed by atoms with van der Waals surface area (Å²) >= 11 is 0. The van der Waals surface area contributed by atoms with Crippen molar-refractivity contribution in [2.75, 3.05) is 0 Å². The highest BCUT2D eigenvalue weighted by Crippen LogP contribution is 2.21. The minimum atomic E-state index is -0.110. The molecule has 0 saturated carbocycles. The number of aromatic nitrogens is 1. The van der Waals surface area contributed by atoms with E-state index >= 15 is 0 Å². The Morgan fingerprint density at radius 3 is 2.33 bits per heavy atom. The van der Waals surface area contributed by atoms with Gasteiger partial charge >= 0.3 is 0 Å². The second-order valence-corrected chi connectivity index (χ2v) is 4.05. The van der Waals surface area contributed by atoms with E-state index in [2.05, 4.69) is 10.3 Å². The van der Waals surface area contributed by atoms with Gasteiger partial charge in [-0.15, -0.1) is 0 Å². The van der Waals surface area contributed by atoms with Crippen LogP contribution in [-0.4, -0.2) is 10.9 Å². The Morgan fingerprint density at radius 2 is 1.72 bits per heavy atom. The molecule has 0 fully saturated rings. The smallest absolute Gasteiger partial charge is 0.220 e. The minimum absolute atomic E-state index is 0.0423. The van der Waals surface area contributed by atoms with Crippen molar-refractivity contribution < 1.29 is 4.79 Å². The summed E-state index contributed by atoms with van der Waals surface area (Å²) in [5, 5.41) is 3.03. The monoisotopic (exact) mass is 240 g/mol. The van der Waals surface area contributed by atoms with Gasteiger partial charge in [0.25, 0.3) is 0 Å². The van der Waals surface area contributed by atoms with Gasteiger partial charge in [-0.25, -0.2) is 0 Å². The third-order valence-electron chi connectivity index (χ3n) is 2.80. The molecule has 0 bridgehead atoms. The molecule has 0 aliphatic heterocycles. The molecule has 0 radical (unpaired) electrons. The largest absolute Gasteiger partial charge is 0.345 e. The van der Waals surface area contributed by atoms with Gasteiger partial charge in [0, 0.05) is 18.8 Å². The van der Waals surface area contributed by atoms with Crippen LogP contribution in [0.2, 0.25) is 0 Å². The molecule has 0 saturated heterocycles. The van der Waals surface area contributed by atoms with E-state index in [0.717, 1.165) is 11.1 Å². The van der Waals surface area contributed by atoms with Crippen LogP contribution in [0.5, 0.6) is 0 Å². The zero-order chi connectivity index (χ0) is 12.8. The zero-order valence-corrected chi connectivity index (χ0v) is 10.3. The quantitative estimate of drug-likeness (QED) is 0.892. The number of carbonyl (C=O) groups is 1. The first-order chi connectivity index (χ1) is 8.81. The molecule has 1 aromatic carbocycles. The lowest BCUT2D eigenvalue weighted by molar-refractivity contribution is -0.121. The topological polar surface area (TPSA) is 42.0 Å². The van der Waals surface area contributed by atoms with Crippen molar-refractivity contribution in [2.24, 2.45) is 0 Å². The van der Waals surface area contributed by atoms with E-state index in [1.54, 1.807) is 12.4 Å². The van der Waals surface area contributed by atoms with Gasteiger partial charge in [0.2, 0.25) is 5.91 Å². The highest BCUT2D eigenvalue weighted by atomic mass is 16.1. The van der Waals surface area contributed by atoms with Crippen molar-refractivity contribution in [1.82, 2.24) is 10.3 Å². The van der Waals surface area contributed by atoms with Gasteiger partial charge in [-0.1, -0.05) is 37.3 Å². The third kappa shape index (κ3) is 2.94. The zero-order valence-electron chi connectivity index (χ0n) is 10.3. The molecule has 1 N–H and O–H groups in total. The van der Waals surface area contributed by atoms with Crippen molar-refractivity contribution in [1.29, 1.82) is 0 Å². The summed E-state index contributed by atoms with van der Waals surface area (Å²) < 4.78 is 0. The number of hydrogen-bond acceptors (Lipinski definition) is 2. The van der Waals surface area contributed by atoms with E-state index in [-0.39, 0.29) is 11.9 Å². The molecule has 1 amide bonds. The van der Waals surface area contributed by atoms with Gasteiger partial charge in [-0.3, -0.25) is 9.78 Å². The first kappa shape index (κ1) is 12.3. The molecule has 3 nitrogen and oxygen atoms in total. The van der Waals surface area contributed by atoms with Crippen LogP contribution in [0.3, 0.4) is 0 Å². The molecule has 1 aromatic heterocycles. The molecule has 0 unspecified atom stereocenters. The van der Waals surface area contributed by atoms with Crippen molar-refractivity contribution in [2.45, 2.75) is 19.4 Å². The number of nitrogens with one attached hydrogen (secondary N) is 1. The van der Waals surface area contributed by atoms with Crippen molar-refractivity contribution in [3.8, 4) is 0 Å². The van der Waals surface area contributed by atoms with E-state index in [0.29, 0.717) is 6.42 Å². The Labute approximate surface area is 107 Å². The van der Waals surface area contributed by atoms with Crippen LogP contribution in [0.4, 0.5) is 0 Å². The van der Waals surface area contributed by atoms with Gasteiger partial charge in [0.15, 0.2) is 0 Å². The van der Waals surface area contributed by atoms with Crippen LogP contribution in [0.25, 0.3) is 0 Å². The van der Waals surface area contributed by atoms with Crippen molar-refractivity contribution >= 4 is 5.91 Å². The van der Waals surface area contributed by atoms with Crippen LogP contribution in [0, 0.1) is 0 Å². The van der Waals surface area contributed by atoms with E-state index in [4.69, 9.17) is 0 Å². The van der Waals surface area contributed by atoms with E-state index in [9.17, 15) is 4.79 Å². The minimum Gasteiger partial charge on any atom is -0.345 e. The summed E-state index contributed by atoms with van der Waals surface area (Å²) in [6.45, 7) is 1.85. The molecule has 2 rings (SSSR count). The highest BCUT2D eigenvalue weighted by molar-refractivity contribution is 5.76. The fraction of sp³-hybridized carbons (Fsp3) is 0.200. The predicted molar refractivity (Wildman–Crippen MR) is 71.0 cm³/mol. The summed E-state index contributed by atoms with van der Waals surface area (Å²) in [5.41, 5.74) is 2.11. The average molecular weight is 240 g/mol. The number of carbonyl (C=O) groups excluding carboxylic acids is 1. The first-order valence-electron chi connectivity index (χ1n) is 6.05. The molecule has 0 aliphatic rings. The Hall–Kier alpha value is -2.16. The normalized spacial score (nSPS) is 11.8. The fourth-order valence-corrected chi connectivity index (χ4v) is 1.82. The molecule has 2 aromatic rings. The van der Waals surface area contributed by atoms with Crippen LogP contribution >= 0.6 is 0 Å². The third-order valence-corrected chi connectivity index (χ3v) is 2.80. The van der Waals surface area contributed by atoms with Crippen LogP contribution in [0.15, 0.2) is 54.9 Å². The maximum Gasteiger partial charge on any atom is 0.220 e. The number of hydrogen-bond donors (Lipinski definition) is 1. The van der Waals surface area contributed by atoms with E-state index in [1.807, 2.05) is 49.4 Å². The number of rotatable bonds is 4. The molecular formula is C15H16N2O. The van der Waals surface area contributed by atoms with Gasteiger partial charge in [0.1, 0.15) is 0 Å². The van der Waals surface area contributed by atoms with Gasteiger partial charge in [-0.2, -0.15) is 0 Å². The van der Waals surface area contributed by atoms with E-state index < -0.39 is 0 Å². The lowest BCUT2D eigenvalue weighted by atomic mass is 9.99.